The van der Waals surface area contributed by atoms with E-state index in [0.29, 0.717) is 17.2 Å². The molecule has 7 nitrogen and oxygen atoms in total. The quantitative estimate of drug-likeness (QED) is 0.718. The molecule has 30 heavy (non-hydrogen) atoms. The van der Waals surface area contributed by atoms with Crippen molar-refractivity contribution in [1.82, 2.24) is 9.80 Å². The first-order valence-corrected chi connectivity index (χ1v) is 10.2. The summed E-state index contributed by atoms with van der Waals surface area (Å²) in [6, 6.07) is 13.7. The average Bonchev–Trinajstić information content (AvgIpc) is 2.79. The lowest BCUT2D eigenvalue weighted by Gasteiger charge is -2.36. The molecule has 162 valence electrons. The Bertz CT molecular complexity index is 811. The van der Waals surface area contributed by atoms with Gasteiger partial charge in [0.1, 0.15) is 6.04 Å². The standard InChI is InChI=1S/C23H31N3O4/c1-17(24-19-14-20(28-2)22(30-4)21(15-19)29-3)23(27)26-12-10-25(11-13-26)16-18-8-6-5-7-9-18/h5-9,14-15,17,24H,10-13,16H2,1-4H3/t17-/m0/s1. The van der Waals surface area contributed by atoms with Crippen LogP contribution in [0.2, 0.25) is 0 Å². The van der Waals surface area contributed by atoms with Gasteiger partial charge >= 0.3 is 0 Å². The fourth-order valence-corrected chi connectivity index (χ4v) is 3.72. The molecule has 1 fully saturated rings. The van der Waals surface area contributed by atoms with E-state index in [-0.39, 0.29) is 11.9 Å². The molecule has 1 N–H and O–H groups in total. The van der Waals surface area contributed by atoms with Gasteiger partial charge in [0.2, 0.25) is 11.7 Å². The largest absolute Gasteiger partial charge is 0.493 e. The molecule has 0 unspecified atom stereocenters. The van der Waals surface area contributed by atoms with Gasteiger partial charge in [-0.15, -0.1) is 0 Å². The van der Waals surface area contributed by atoms with Crippen molar-refractivity contribution in [3.63, 3.8) is 0 Å². The van der Waals surface area contributed by atoms with E-state index in [1.807, 2.05) is 30.0 Å². The summed E-state index contributed by atoms with van der Waals surface area (Å²) in [7, 11) is 4.71. The second-order valence-electron chi connectivity index (χ2n) is 7.37. The fraction of sp³-hybridized carbons (Fsp3) is 0.435. The molecule has 0 spiro atoms. The number of ether oxygens (including phenoxy) is 3. The number of benzene rings is 2. The summed E-state index contributed by atoms with van der Waals surface area (Å²) in [4.78, 5) is 17.3. The van der Waals surface area contributed by atoms with Crippen LogP contribution in [0, 0.1) is 0 Å². The number of piperazine rings is 1. The van der Waals surface area contributed by atoms with E-state index in [1.54, 1.807) is 21.3 Å². The Morgan fingerprint density at radius 2 is 1.57 bits per heavy atom. The number of anilines is 1. The zero-order valence-electron chi connectivity index (χ0n) is 18.2. The Hall–Kier alpha value is -2.93. The van der Waals surface area contributed by atoms with E-state index in [2.05, 4.69) is 34.5 Å². The van der Waals surface area contributed by atoms with Crippen molar-refractivity contribution in [2.45, 2.75) is 19.5 Å². The Balaban J connectivity index is 1.57. The van der Waals surface area contributed by atoms with Gasteiger partial charge in [-0.2, -0.15) is 0 Å². The van der Waals surface area contributed by atoms with Gasteiger partial charge in [0.25, 0.3) is 0 Å². The number of amides is 1. The molecule has 3 rings (SSSR count). The third kappa shape index (κ3) is 5.16. The minimum absolute atomic E-state index is 0.0862. The Labute approximate surface area is 178 Å². The van der Waals surface area contributed by atoms with Crippen molar-refractivity contribution in [3.05, 3.63) is 48.0 Å². The minimum Gasteiger partial charge on any atom is -0.493 e. The van der Waals surface area contributed by atoms with Gasteiger partial charge in [0.05, 0.1) is 21.3 Å². The van der Waals surface area contributed by atoms with E-state index in [4.69, 9.17) is 14.2 Å². The Morgan fingerprint density at radius 1 is 0.967 bits per heavy atom. The third-order valence-corrected chi connectivity index (χ3v) is 5.35. The summed E-state index contributed by atoms with van der Waals surface area (Å²) in [6.45, 7) is 6.00. The molecule has 2 aromatic rings. The normalized spacial score (nSPS) is 15.4. The first kappa shape index (κ1) is 21.8. The fourth-order valence-electron chi connectivity index (χ4n) is 3.72. The average molecular weight is 414 g/mol. The van der Waals surface area contributed by atoms with Crippen molar-refractivity contribution < 1.29 is 19.0 Å². The summed E-state index contributed by atoms with van der Waals surface area (Å²) in [6.07, 6.45) is 0. The lowest BCUT2D eigenvalue weighted by molar-refractivity contribution is -0.133. The van der Waals surface area contributed by atoms with Crippen molar-refractivity contribution in [1.29, 1.82) is 0 Å². The third-order valence-electron chi connectivity index (χ3n) is 5.35. The van der Waals surface area contributed by atoms with Gasteiger partial charge in [-0.25, -0.2) is 0 Å². The molecule has 1 heterocycles. The van der Waals surface area contributed by atoms with Crippen LogP contribution >= 0.6 is 0 Å². The summed E-state index contributed by atoms with van der Waals surface area (Å²) >= 11 is 0. The summed E-state index contributed by atoms with van der Waals surface area (Å²) in [5, 5.41) is 3.27. The molecule has 0 saturated carbocycles. The van der Waals surface area contributed by atoms with Crippen LogP contribution in [0.1, 0.15) is 12.5 Å². The number of nitrogens with zero attached hydrogens (tertiary/aromatic N) is 2. The highest BCUT2D eigenvalue weighted by Gasteiger charge is 2.25. The van der Waals surface area contributed by atoms with Crippen LogP contribution in [0.3, 0.4) is 0 Å². The maximum atomic E-state index is 13.0. The molecular formula is C23H31N3O4. The molecule has 2 aromatic carbocycles. The number of hydrogen-bond acceptors (Lipinski definition) is 6. The molecule has 1 aliphatic rings. The number of carbonyl (C=O) groups excluding carboxylic acids is 1. The van der Waals surface area contributed by atoms with Gasteiger partial charge in [0.15, 0.2) is 11.5 Å². The van der Waals surface area contributed by atoms with E-state index in [1.165, 1.54) is 5.56 Å². The number of methoxy groups -OCH3 is 3. The first-order valence-electron chi connectivity index (χ1n) is 10.2. The summed E-state index contributed by atoms with van der Waals surface area (Å²) < 4.78 is 16.1. The van der Waals surface area contributed by atoms with Crippen LogP contribution < -0.4 is 19.5 Å². The minimum atomic E-state index is -0.367. The lowest BCUT2D eigenvalue weighted by atomic mass is 10.2. The van der Waals surface area contributed by atoms with E-state index in [9.17, 15) is 4.79 Å². The molecule has 0 aromatic heterocycles. The van der Waals surface area contributed by atoms with Crippen LogP contribution in [-0.2, 0) is 11.3 Å². The predicted octanol–water partition coefficient (Wildman–Crippen LogP) is 2.86. The number of rotatable bonds is 8. The van der Waals surface area contributed by atoms with Gasteiger partial charge < -0.3 is 24.4 Å². The van der Waals surface area contributed by atoms with Crippen LogP contribution in [0.5, 0.6) is 17.2 Å². The monoisotopic (exact) mass is 413 g/mol. The molecular weight excluding hydrogens is 382 g/mol. The van der Waals surface area contributed by atoms with E-state index >= 15 is 0 Å². The second kappa shape index (κ2) is 10.2. The van der Waals surface area contributed by atoms with Crippen molar-refractivity contribution in [2.75, 3.05) is 52.8 Å². The molecule has 1 saturated heterocycles. The zero-order valence-corrected chi connectivity index (χ0v) is 18.2. The Kier molecular flexibility index (Phi) is 7.41. The SMILES string of the molecule is COc1cc(N[C@@H](C)C(=O)N2CCN(Cc3ccccc3)CC2)cc(OC)c1OC. The van der Waals surface area contributed by atoms with Crippen molar-refractivity contribution in [2.24, 2.45) is 0 Å². The topological polar surface area (TPSA) is 63.3 Å². The highest BCUT2D eigenvalue weighted by Crippen LogP contribution is 2.40. The number of carbonyl (C=O) groups is 1. The van der Waals surface area contributed by atoms with E-state index in [0.717, 1.165) is 38.4 Å². The smallest absolute Gasteiger partial charge is 0.244 e. The Morgan fingerprint density at radius 3 is 2.10 bits per heavy atom. The summed E-state index contributed by atoms with van der Waals surface area (Å²) in [5.41, 5.74) is 2.04. The predicted molar refractivity (Wildman–Crippen MR) is 117 cm³/mol. The molecule has 0 bridgehead atoms. The maximum Gasteiger partial charge on any atom is 0.244 e. The lowest BCUT2D eigenvalue weighted by Crippen LogP contribution is -2.51. The number of nitrogens with one attached hydrogen (secondary N) is 1. The maximum absolute atomic E-state index is 13.0. The van der Waals surface area contributed by atoms with Crippen LogP contribution in [0.25, 0.3) is 0 Å². The first-order chi connectivity index (χ1) is 14.5. The highest BCUT2D eigenvalue weighted by molar-refractivity contribution is 5.84. The molecule has 1 aliphatic heterocycles. The van der Waals surface area contributed by atoms with Crippen molar-refractivity contribution in [3.8, 4) is 17.2 Å². The van der Waals surface area contributed by atoms with E-state index < -0.39 is 0 Å². The molecule has 7 heteroatoms. The van der Waals surface area contributed by atoms with Gasteiger partial charge in [-0.05, 0) is 12.5 Å². The van der Waals surface area contributed by atoms with Gasteiger partial charge in [0, 0.05) is 50.5 Å². The van der Waals surface area contributed by atoms with Crippen LogP contribution in [0.15, 0.2) is 42.5 Å². The molecule has 0 radical (unpaired) electrons. The molecule has 0 aliphatic carbocycles. The van der Waals surface area contributed by atoms with Gasteiger partial charge in [-0.1, -0.05) is 30.3 Å². The molecule has 1 atom stereocenters. The van der Waals surface area contributed by atoms with Gasteiger partial charge in [-0.3, -0.25) is 9.69 Å². The van der Waals surface area contributed by atoms with Crippen LogP contribution in [-0.4, -0.2) is 69.3 Å². The number of hydrogen-bond donors (Lipinski definition) is 1. The van der Waals surface area contributed by atoms with Crippen molar-refractivity contribution >= 4 is 11.6 Å². The highest BCUT2D eigenvalue weighted by atomic mass is 16.5. The summed E-state index contributed by atoms with van der Waals surface area (Å²) in [5.74, 6) is 1.71. The van der Waals surface area contributed by atoms with Crippen LogP contribution in [0.4, 0.5) is 5.69 Å². The zero-order chi connectivity index (χ0) is 21.5. The second-order valence-corrected chi connectivity index (χ2v) is 7.37. The molecule has 1 amide bonds.